The summed E-state index contributed by atoms with van der Waals surface area (Å²) in [5, 5.41) is 14.2. The number of aromatic nitrogens is 4. The third-order valence-corrected chi connectivity index (χ3v) is 5.52. The summed E-state index contributed by atoms with van der Waals surface area (Å²) in [5.41, 5.74) is 3.27. The molecule has 0 unspecified atom stereocenters. The quantitative estimate of drug-likeness (QED) is 0.733. The van der Waals surface area contributed by atoms with Crippen LogP contribution in [0.5, 0.6) is 0 Å². The zero-order valence-electron chi connectivity index (χ0n) is 15.7. The van der Waals surface area contributed by atoms with Gasteiger partial charge in [0.05, 0.1) is 23.3 Å². The number of nitrogens with zero attached hydrogens (tertiary/aromatic N) is 4. The number of carboxylic acids is 1. The fraction of sp³-hybridized carbons (Fsp3) is 0.381. The Hall–Kier alpha value is -3.09. The molecule has 0 radical (unpaired) electrons. The maximum atomic E-state index is 12.7. The molecule has 144 valence electrons. The highest BCUT2D eigenvalue weighted by Gasteiger charge is 2.29. The molecule has 0 aliphatic heterocycles. The minimum absolute atomic E-state index is 0.0669. The van der Waals surface area contributed by atoms with E-state index in [2.05, 4.69) is 10.1 Å². The van der Waals surface area contributed by atoms with Crippen LogP contribution in [-0.4, -0.2) is 36.6 Å². The fourth-order valence-electron chi connectivity index (χ4n) is 3.85. The highest BCUT2D eigenvalue weighted by molar-refractivity contribution is 5.85. The van der Waals surface area contributed by atoms with Crippen LogP contribution in [-0.2, 0) is 23.1 Å². The summed E-state index contributed by atoms with van der Waals surface area (Å²) >= 11 is 0. The molecule has 0 spiro atoms. The Kier molecular flexibility index (Phi) is 4.90. The first kappa shape index (κ1) is 18.3. The summed E-state index contributed by atoms with van der Waals surface area (Å²) in [4.78, 5) is 32.8. The van der Waals surface area contributed by atoms with Crippen molar-refractivity contribution in [2.24, 2.45) is 18.9 Å². The number of hydrogen-bond acceptors (Lipinski definition) is 5. The van der Waals surface area contributed by atoms with E-state index in [1.165, 1.54) is 0 Å². The third kappa shape index (κ3) is 3.78. The predicted molar refractivity (Wildman–Crippen MR) is 104 cm³/mol. The second kappa shape index (κ2) is 7.50. The second-order valence-corrected chi connectivity index (χ2v) is 7.50. The van der Waals surface area contributed by atoms with Crippen LogP contribution >= 0.6 is 0 Å². The number of fused-ring (bicyclic) bond motifs is 1. The van der Waals surface area contributed by atoms with Crippen molar-refractivity contribution in [2.75, 3.05) is 0 Å². The van der Waals surface area contributed by atoms with Gasteiger partial charge in [0.15, 0.2) is 0 Å². The Morgan fingerprint density at radius 1 is 1.14 bits per heavy atom. The van der Waals surface area contributed by atoms with Gasteiger partial charge in [0.1, 0.15) is 5.78 Å². The summed E-state index contributed by atoms with van der Waals surface area (Å²) < 4.78 is 1.73. The number of carbonyl (C=O) groups excluding carboxylic acids is 1. The van der Waals surface area contributed by atoms with Gasteiger partial charge in [0.2, 0.25) is 0 Å². The van der Waals surface area contributed by atoms with Crippen LogP contribution in [0, 0.1) is 11.8 Å². The molecule has 1 aliphatic carbocycles. The number of Topliss-reactive ketones (excluding diaryl/α,β-unsaturated/α-hetero) is 1. The molecule has 0 bridgehead atoms. The minimum atomic E-state index is -0.752. The number of aliphatic carboxylic acids is 1. The zero-order chi connectivity index (χ0) is 19.7. The predicted octanol–water partition coefficient (Wildman–Crippen LogP) is 3.03. The summed E-state index contributed by atoms with van der Waals surface area (Å²) in [7, 11) is 1.86. The summed E-state index contributed by atoms with van der Waals surface area (Å²) in [6.45, 7) is 0. The van der Waals surface area contributed by atoms with E-state index in [9.17, 15) is 9.59 Å². The van der Waals surface area contributed by atoms with Crippen molar-refractivity contribution in [1.82, 2.24) is 19.7 Å². The van der Waals surface area contributed by atoms with Crippen molar-refractivity contribution < 1.29 is 14.7 Å². The van der Waals surface area contributed by atoms with Gasteiger partial charge < -0.3 is 5.11 Å². The molecular formula is C21H22N4O3. The van der Waals surface area contributed by atoms with Crippen molar-refractivity contribution in [3.63, 3.8) is 0 Å². The van der Waals surface area contributed by atoms with Crippen LogP contribution in [0.3, 0.4) is 0 Å². The van der Waals surface area contributed by atoms with E-state index in [-0.39, 0.29) is 24.0 Å². The van der Waals surface area contributed by atoms with Crippen LogP contribution < -0.4 is 0 Å². The Morgan fingerprint density at radius 3 is 2.57 bits per heavy atom. The lowest BCUT2D eigenvalue weighted by Crippen LogP contribution is -2.26. The molecule has 1 fully saturated rings. The average molecular weight is 378 g/mol. The second-order valence-electron chi connectivity index (χ2n) is 7.50. The minimum Gasteiger partial charge on any atom is -0.481 e. The molecule has 1 saturated carbocycles. The Bertz CT molecular complexity index is 1040. The molecule has 1 aliphatic rings. The normalized spacial score (nSPS) is 19.6. The first-order valence-corrected chi connectivity index (χ1v) is 9.50. The summed E-state index contributed by atoms with van der Waals surface area (Å²) in [6.07, 6.45) is 8.14. The van der Waals surface area contributed by atoms with Crippen molar-refractivity contribution in [3.8, 4) is 11.3 Å². The smallest absolute Gasteiger partial charge is 0.306 e. The molecule has 0 atom stereocenters. The Balaban J connectivity index is 1.49. The lowest BCUT2D eigenvalue weighted by Gasteiger charge is -2.24. The molecule has 0 aromatic carbocycles. The van der Waals surface area contributed by atoms with Crippen LogP contribution in [0.25, 0.3) is 22.2 Å². The maximum Gasteiger partial charge on any atom is 0.306 e. The molecule has 1 N–H and O–H groups in total. The highest BCUT2D eigenvalue weighted by Crippen LogP contribution is 2.30. The van der Waals surface area contributed by atoms with Gasteiger partial charge in [0, 0.05) is 48.4 Å². The molecule has 3 aromatic rings. The number of carbonyl (C=O) groups is 2. The monoisotopic (exact) mass is 378 g/mol. The molecule has 28 heavy (non-hydrogen) atoms. The first-order valence-electron chi connectivity index (χ1n) is 9.50. The van der Waals surface area contributed by atoms with Crippen molar-refractivity contribution in [3.05, 3.63) is 42.5 Å². The van der Waals surface area contributed by atoms with Crippen molar-refractivity contribution >= 4 is 22.7 Å². The molecule has 3 heterocycles. The van der Waals surface area contributed by atoms with Gasteiger partial charge in [-0.25, -0.2) is 4.98 Å². The topological polar surface area (TPSA) is 98.0 Å². The number of ketones is 1. The van der Waals surface area contributed by atoms with E-state index in [0.717, 1.165) is 22.2 Å². The van der Waals surface area contributed by atoms with E-state index in [1.54, 1.807) is 17.1 Å². The molecule has 7 heteroatoms. The zero-order valence-corrected chi connectivity index (χ0v) is 15.7. The summed E-state index contributed by atoms with van der Waals surface area (Å²) in [5.74, 6) is -0.989. The van der Waals surface area contributed by atoms with Gasteiger partial charge in [-0.1, -0.05) is 0 Å². The largest absolute Gasteiger partial charge is 0.481 e. The maximum absolute atomic E-state index is 12.7. The van der Waals surface area contributed by atoms with E-state index in [0.29, 0.717) is 31.4 Å². The molecule has 3 aromatic heterocycles. The van der Waals surface area contributed by atoms with E-state index in [1.807, 2.05) is 31.4 Å². The molecule has 4 rings (SSSR count). The van der Waals surface area contributed by atoms with Crippen LogP contribution in [0.1, 0.15) is 31.4 Å². The molecule has 0 amide bonds. The Labute approximate surface area is 162 Å². The van der Waals surface area contributed by atoms with Gasteiger partial charge >= 0.3 is 5.97 Å². The van der Waals surface area contributed by atoms with Gasteiger partial charge in [-0.2, -0.15) is 5.10 Å². The highest BCUT2D eigenvalue weighted by atomic mass is 16.4. The van der Waals surface area contributed by atoms with E-state index in [4.69, 9.17) is 10.1 Å². The fourth-order valence-corrected chi connectivity index (χ4v) is 3.85. The average Bonchev–Trinajstić information content (AvgIpc) is 3.14. The third-order valence-electron chi connectivity index (χ3n) is 5.52. The van der Waals surface area contributed by atoms with Gasteiger partial charge in [-0.15, -0.1) is 0 Å². The molecule has 7 nitrogen and oxygen atoms in total. The van der Waals surface area contributed by atoms with E-state index >= 15 is 0 Å². The van der Waals surface area contributed by atoms with Gasteiger partial charge in [-0.05, 0) is 43.9 Å². The summed E-state index contributed by atoms with van der Waals surface area (Å²) in [6, 6.07) is 5.78. The number of aryl methyl sites for hydroxylation is 1. The number of pyridine rings is 2. The molecular weight excluding hydrogens is 356 g/mol. The Morgan fingerprint density at radius 2 is 1.89 bits per heavy atom. The standard InChI is InChI=1S/C21H22N4O3/c1-25-12-16(11-23-25)18-7-6-15-10-22-17(8-19(15)24-18)9-20(26)13-2-4-14(5-3-13)21(27)28/h6-8,10-14H,2-5,9H2,1H3,(H,27,28). The number of hydrogen-bond donors (Lipinski definition) is 1. The lowest BCUT2D eigenvalue weighted by molar-refractivity contribution is -0.144. The lowest BCUT2D eigenvalue weighted by atomic mass is 9.79. The van der Waals surface area contributed by atoms with E-state index < -0.39 is 5.97 Å². The first-order chi connectivity index (χ1) is 13.5. The van der Waals surface area contributed by atoms with Crippen LogP contribution in [0.15, 0.2) is 36.8 Å². The number of carboxylic acid groups (broad SMARTS) is 1. The number of rotatable bonds is 5. The van der Waals surface area contributed by atoms with Crippen LogP contribution in [0.4, 0.5) is 0 Å². The van der Waals surface area contributed by atoms with Crippen molar-refractivity contribution in [1.29, 1.82) is 0 Å². The van der Waals surface area contributed by atoms with Crippen molar-refractivity contribution in [2.45, 2.75) is 32.1 Å². The van der Waals surface area contributed by atoms with Gasteiger partial charge in [0.25, 0.3) is 0 Å². The van der Waals surface area contributed by atoms with Gasteiger partial charge in [-0.3, -0.25) is 19.3 Å². The molecule has 0 saturated heterocycles. The SMILES string of the molecule is Cn1cc(-c2ccc3cnc(CC(=O)C4CCC(C(=O)O)CC4)cc3n2)cn1. The van der Waals surface area contributed by atoms with Crippen LogP contribution in [0.2, 0.25) is 0 Å².